The lowest BCUT2D eigenvalue weighted by molar-refractivity contribution is -0.132. The van der Waals surface area contributed by atoms with Crippen LogP contribution < -0.4 is 4.74 Å². The van der Waals surface area contributed by atoms with Crippen LogP contribution >= 0.6 is 0 Å². The molecule has 0 N–H and O–H groups in total. The first-order valence-electron chi connectivity index (χ1n) is 9.64. The Morgan fingerprint density at radius 2 is 1.86 bits per heavy atom. The highest BCUT2D eigenvalue weighted by Crippen LogP contribution is 2.47. The van der Waals surface area contributed by atoms with E-state index >= 15 is 0 Å². The fourth-order valence-corrected chi connectivity index (χ4v) is 3.44. The van der Waals surface area contributed by atoms with Gasteiger partial charge < -0.3 is 18.5 Å². The van der Waals surface area contributed by atoms with Crippen molar-refractivity contribution in [2.75, 3.05) is 7.11 Å². The minimum Gasteiger partial charge on any atom is -0.497 e. The molecule has 0 bridgehead atoms. The molecule has 1 aromatic carbocycles. The molecule has 2 atom stereocenters. The first-order valence-corrected chi connectivity index (χ1v) is 9.64. The van der Waals surface area contributed by atoms with Crippen molar-refractivity contribution in [1.29, 1.82) is 0 Å². The van der Waals surface area contributed by atoms with E-state index in [9.17, 15) is 4.79 Å². The molecule has 1 saturated carbocycles. The Bertz CT molecular complexity index is 910. The minimum absolute atomic E-state index is 0.0271. The molecule has 1 aliphatic carbocycles. The Morgan fingerprint density at radius 1 is 1.11 bits per heavy atom. The first kappa shape index (κ1) is 18.4. The maximum atomic E-state index is 13.0. The molecule has 0 radical (unpaired) electrons. The molecular formula is C23H25NO4. The SMILES string of the molecule is COc1ccc(CC(=O)N(Cc2ccco2)Cc2ccc(C3CC3C)o2)cc1. The van der Waals surface area contributed by atoms with Gasteiger partial charge in [-0.15, -0.1) is 0 Å². The van der Waals surface area contributed by atoms with Crippen molar-refractivity contribution in [2.24, 2.45) is 5.92 Å². The van der Waals surface area contributed by atoms with Crippen LogP contribution in [0.15, 0.2) is 63.6 Å². The van der Waals surface area contributed by atoms with Crippen molar-refractivity contribution in [3.05, 3.63) is 77.6 Å². The molecule has 28 heavy (non-hydrogen) atoms. The summed E-state index contributed by atoms with van der Waals surface area (Å²) in [5.41, 5.74) is 0.946. The van der Waals surface area contributed by atoms with Crippen molar-refractivity contribution in [3.8, 4) is 5.75 Å². The normalized spacial score (nSPS) is 18.1. The standard InChI is InChI=1S/C23H25NO4/c1-16-12-21(16)22-10-9-20(28-22)15-24(14-19-4-3-11-27-19)23(25)13-17-5-7-18(26-2)8-6-17/h3-11,16,21H,12-15H2,1-2H3. The van der Waals surface area contributed by atoms with Crippen molar-refractivity contribution in [1.82, 2.24) is 4.90 Å². The zero-order valence-corrected chi connectivity index (χ0v) is 16.3. The van der Waals surface area contributed by atoms with Crippen LogP contribution in [0.4, 0.5) is 0 Å². The van der Waals surface area contributed by atoms with Gasteiger partial charge in [0.05, 0.1) is 32.9 Å². The van der Waals surface area contributed by atoms with Gasteiger partial charge in [0.15, 0.2) is 0 Å². The number of rotatable bonds is 8. The summed E-state index contributed by atoms with van der Waals surface area (Å²) in [6, 6.07) is 15.3. The summed E-state index contributed by atoms with van der Waals surface area (Å²) in [5, 5.41) is 0. The summed E-state index contributed by atoms with van der Waals surface area (Å²) in [5.74, 6) is 4.62. The second-order valence-electron chi connectivity index (χ2n) is 7.48. The predicted octanol–water partition coefficient (Wildman–Crippen LogP) is 4.78. The second-order valence-corrected chi connectivity index (χ2v) is 7.48. The quantitative estimate of drug-likeness (QED) is 0.565. The van der Waals surface area contributed by atoms with Gasteiger partial charge in [-0.3, -0.25) is 4.79 Å². The third-order valence-electron chi connectivity index (χ3n) is 5.30. The highest BCUT2D eigenvalue weighted by atomic mass is 16.5. The van der Waals surface area contributed by atoms with Gasteiger partial charge in [0.1, 0.15) is 23.0 Å². The van der Waals surface area contributed by atoms with Crippen LogP contribution in [0.1, 0.15) is 42.1 Å². The van der Waals surface area contributed by atoms with E-state index in [0.29, 0.717) is 31.3 Å². The number of carbonyl (C=O) groups is 1. The monoisotopic (exact) mass is 379 g/mol. The molecule has 5 nitrogen and oxygen atoms in total. The number of hydrogen-bond acceptors (Lipinski definition) is 4. The molecule has 4 rings (SSSR count). The number of amides is 1. The Labute approximate surface area is 164 Å². The molecule has 2 aromatic heterocycles. The van der Waals surface area contributed by atoms with Crippen molar-refractivity contribution in [2.45, 2.75) is 38.8 Å². The fourth-order valence-electron chi connectivity index (χ4n) is 3.44. The average molecular weight is 379 g/mol. The Hall–Kier alpha value is -2.95. The molecule has 5 heteroatoms. The molecule has 1 amide bonds. The van der Waals surface area contributed by atoms with Gasteiger partial charge in [-0.25, -0.2) is 0 Å². The number of ether oxygens (including phenoxy) is 1. The van der Waals surface area contributed by atoms with Gasteiger partial charge in [0.2, 0.25) is 5.91 Å². The average Bonchev–Trinajstić information content (AvgIpc) is 3.09. The molecular weight excluding hydrogens is 354 g/mol. The maximum Gasteiger partial charge on any atom is 0.227 e. The van der Waals surface area contributed by atoms with Crippen LogP contribution in [0.2, 0.25) is 0 Å². The van der Waals surface area contributed by atoms with Crippen molar-refractivity contribution >= 4 is 5.91 Å². The lowest BCUT2D eigenvalue weighted by Gasteiger charge is -2.21. The lowest BCUT2D eigenvalue weighted by Crippen LogP contribution is -2.31. The van der Waals surface area contributed by atoms with Gasteiger partial charge >= 0.3 is 0 Å². The molecule has 1 aliphatic rings. The zero-order valence-electron chi connectivity index (χ0n) is 16.3. The molecule has 2 heterocycles. The third-order valence-corrected chi connectivity index (χ3v) is 5.30. The Morgan fingerprint density at radius 3 is 2.50 bits per heavy atom. The van der Waals surface area contributed by atoms with E-state index in [4.69, 9.17) is 13.6 Å². The van der Waals surface area contributed by atoms with Crippen molar-refractivity contribution < 1.29 is 18.4 Å². The Kier molecular flexibility index (Phi) is 5.24. The summed E-state index contributed by atoms with van der Waals surface area (Å²) in [4.78, 5) is 14.8. The van der Waals surface area contributed by atoms with Crippen LogP contribution in [0.3, 0.4) is 0 Å². The molecule has 3 aromatic rings. The summed E-state index contributed by atoms with van der Waals surface area (Å²) in [6.45, 7) is 3.07. The maximum absolute atomic E-state index is 13.0. The molecule has 0 aliphatic heterocycles. The van der Waals surface area contributed by atoms with Crippen molar-refractivity contribution in [3.63, 3.8) is 0 Å². The van der Waals surface area contributed by atoms with Gasteiger partial charge in [-0.2, -0.15) is 0 Å². The molecule has 0 spiro atoms. The van der Waals surface area contributed by atoms with Gasteiger partial charge in [0.25, 0.3) is 0 Å². The van der Waals surface area contributed by atoms with E-state index < -0.39 is 0 Å². The van der Waals surface area contributed by atoms with Gasteiger partial charge in [-0.1, -0.05) is 19.1 Å². The number of carbonyl (C=O) groups excluding carboxylic acids is 1. The summed E-state index contributed by atoms with van der Waals surface area (Å²) >= 11 is 0. The number of hydrogen-bond donors (Lipinski definition) is 0. The smallest absolute Gasteiger partial charge is 0.227 e. The van der Waals surface area contributed by atoms with Gasteiger partial charge in [-0.05, 0) is 54.3 Å². The Balaban J connectivity index is 1.47. The molecule has 2 unspecified atom stereocenters. The third kappa shape index (κ3) is 4.30. The highest BCUT2D eigenvalue weighted by Gasteiger charge is 2.36. The predicted molar refractivity (Wildman–Crippen MR) is 105 cm³/mol. The summed E-state index contributed by atoms with van der Waals surface area (Å²) < 4.78 is 16.7. The van der Waals surface area contributed by atoms with E-state index in [1.54, 1.807) is 18.3 Å². The van der Waals surface area contributed by atoms with E-state index in [-0.39, 0.29) is 5.91 Å². The number of furan rings is 2. The molecule has 146 valence electrons. The summed E-state index contributed by atoms with van der Waals surface area (Å²) in [6.07, 6.45) is 3.12. The van der Waals surface area contributed by atoms with E-state index in [1.165, 1.54) is 6.42 Å². The van der Waals surface area contributed by atoms with E-state index in [1.807, 2.05) is 48.5 Å². The number of nitrogens with zero attached hydrogens (tertiary/aromatic N) is 1. The zero-order chi connectivity index (χ0) is 19.5. The molecule has 0 saturated heterocycles. The highest BCUT2D eigenvalue weighted by molar-refractivity contribution is 5.78. The minimum atomic E-state index is 0.0271. The van der Waals surface area contributed by atoms with Crippen LogP contribution in [0.5, 0.6) is 5.75 Å². The summed E-state index contributed by atoms with van der Waals surface area (Å²) in [7, 11) is 1.63. The second kappa shape index (κ2) is 7.97. The number of methoxy groups -OCH3 is 1. The van der Waals surface area contributed by atoms with E-state index in [0.717, 1.165) is 28.6 Å². The van der Waals surface area contributed by atoms with E-state index in [2.05, 4.69) is 6.92 Å². The lowest BCUT2D eigenvalue weighted by atomic mass is 10.1. The van der Waals surface area contributed by atoms with Crippen LogP contribution in [-0.4, -0.2) is 17.9 Å². The first-order chi connectivity index (χ1) is 13.6. The van der Waals surface area contributed by atoms with Crippen LogP contribution in [0, 0.1) is 5.92 Å². The number of benzene rings is 1. The topological polar surface area (TPSA) is 55.8 Å². The van der Waals surface area contributed by atoms with Gasteiger partial charge in [0, 0.05) is 5.92 Å². The molecule has 1 fully saturated rings. The van der Waals surface area contributed by atoms with Crippen LogP contribution in [-0.2, 0) is 24.3 Å². The largest absolute Gasteiger partial charge is 0.497 e. The van der Waals surface area contributed by atoms with Crippen LogP contribution in [0.25, 0.3) is 0 Å². The fraction of sp³-hybridized carbons (Fsp3) is 0.348.